The highest BCUT2D eigenvalue weighted by molar-refractivity contribution is 6.53. The molecule has 2 aromatic carbocycles. The molecular weight excluding hydrogens is 330 g/mol. The molecule has 1 aliphatic carbocycles. The molecule has 3 rings (SSSR count). The summed E-state index contributed by atoms with van der Waals surface area (Å²) in [5, 5.41) is 0.276. The summed E-state index contributed by atoms with van der Waals surface area (Å²) >= 11 is 6.23. The summed E-state index contributed by atoms with van der Waals surface area (Å²) in [5.74, 6) is 0.454. The minimum absolute atomic E-state index is 0.0681. The largest absolute Gasteiger partial charge is 0.497 e. The van der Waals surface area contributed by atoms with Crippen LogP contribution in [0.2, 0.25) is 5.02 Å². The van der Waals surface area contributed by atoms with Crippen LogP contribution >= 0.6 is 11.6 Å². The van der Waals surface area contributed by atoms with Gasteiger partial charge in [0.2, 0.25) is 5.78 Å². The fourth-order valence-corrected chi connectivity index (χ4v) is 2.81. The Labute approximate surface area is 143 Å². The molecule has 0 spiro atoms. The summed E-state index contributed by atoms with van der Waals surface area (Å²) in [5.41, 5.74) is 1.23. The number of methoxy groups -OCH3 is 2. The highest BCUT2D eigenvalue weighted by Crippen LogP contribution is 2.39. The molecule has 0 aliphatic heterocycles. The van der Waals surface area contributed by atoms with E-state index in [0.29, 0.717) is 28.3 Å². The number of carbonyl (C=O) groups excluding carboxylic acids is 2. The Bertz CT molecular complexity index is 873. The first kappa shape index (κ1) is 16.2. The third kappa shape index (κ3) is 2.78. The molecule has 0 fully saturated rings. The van der Waals surface area contributed by atoms with E-state index in [1.807, 2.05) is 0 Å². The predicted molar refractivity (Wildman–Crippen MR) is 91.4 cm³/mol. The topological polar surface area (TPSA) is 65.0 Å². The Balaban J connectivity index is 2.10. The van der Waals surface area contributed by atoms with Gasteiger partial charge in [0.15, 0.2) is 5.78 Å². The van der Waals surface area contributed by atoms with Gasteiger partial charge in [-0.25, -0.2) is 4.99 Å². The number of Topliss-reactive ketones (excluding diaryl/α,β-unsaturated/α-hetero) is 2. The van der Waals surface area contributed by atoms with E-state index in [9.17, 15) is 9.59 Å². The van der Waals surface area contributed by atoms with E-state index < -0.39 is 0 Å². The number of hydrogen-bond acceptors (Lipinski definition) is 5. The Morgan fingerprint density at radius 2 is 1.75 bits per heavy atom. The summed E-state index contributed by atoms with van der Waals surface area (Å²) < 4.78 is 10.4. The van der Waals surface area contributed by atoms with E-state index >= 15 is 0 Å². The lowest BCUT2D eigenvalue weighted by atomic mass is 9.88. The zero-order chi connectivity index (χ0) is 17.3. The summed E-state index contributed by atoms with van der Waals surface area (Å²) in [4.78, 5) is 29.2. The van der Waals surface area contributed by atoms with Gasteiger partial charge in [-0.05, 0) is 0 Å². The zero-order valence-corrected chi connectivity index (χ0v) is 13.9. The van der Waals surface area contributed by atoms with Gasteiger partial charge >= 0.3 is 0 Å². The first-order valence-electron chi connectivity index (χ1n) is 7.21. The number of halogens is 1. The van der Waals surface area contributed by atoms with Crippen LogP contribution in [0.5, 0.6) is 11.5 Å². The second kappa shape index (κ2) is 6.45. The number of rotatable bonds is 3. The van der Waals surface area contributed by atoms with Crippen LogP contribution in [0.25, 0.3) is 0 Å². The van der Waals surface area contributed by atoms with Gasteiger partial charge in [0.1, 0.15) is 17.2 Å². The molecule has 0 atom stereocenters. The smallest absolute Gasteiger partial charge is 0.208 e. The van der Waals surface area contributed by atoms with Crippen LogP contribution in [-0.4, -0.2) is 31.5 Å². The average Bonchev–Trinajstić information content (AvgIpc) is 2.60. The van der Waals surface area contributed by atoms with Crippen molar-refractivity contribution >= 4 is 34.6 Å². The highest BCUT2D eigenvalue weighted by Gasteiger charge is 2.29. The van der Waals surface area contributed by atoms with Gasteiger partial charge in [-0.15, -0.1) is 0 Å². The van der Waals surface area contributed by atoms with Crippen LogP contribution in [0.3, 0.4) is 0 Å². The number of aliphatic imine (C=N–C) groups is 1. The molecule has 24 heavy (non-hydrogen) atoms. The number of ketones is 2. The van der Waals surface area contributed by atoms with E-state index in [4.69, 9.17) is 21.1 Å². The van der Waals surface area contributed by atoms with Gasteiger partial charge in [0.05, 0.1) is 31.4 Å². The first-order chi connectivity index (χ1) is 11.5. The first-order valence-corrected chi connectivity index (χ1v) is 7.59. The van der Waals surface area contributed by atoms with E-state index in [1.54, 1.807) is 36.4 Å². The minimum atomic E-state index is -0.279. The molecule has 0 saturated heterocycles. The molecule has 0 heterocycles. The van der Waals surface area contributed by atoms with E-state index in [-0.39, 0.29) is 28.7 Å². The number of hydrogen-bond donors (Lipinski definition) is 0. The van der Waals surface area contributed by atoms with Crippen molar-refractivity contribution in [1.82, 2.24) is 0 Å². The Morgan fingerprint density at radius 3 is 2.42 bits per heavy atom. The molecule has 0 unspecified atom stereocenters. The van der Waals surface area contributed by atoms with Gasteiger partial charge in [-0.2, -0.15) is 0 Å². The van der Waals surface area contributed by atoms with Gasteiger partial charge in [0.25, 0.3) is 0 Å². The molecule has 1 aliphatic rings. The number of carbonyl (C=O) groups is 2. The van der Waals surface area contributed by atoms with Crippen LogP contribution in [0.4, 0.5) is 5.69 Å². The number of nitrogens with zero attached hydrogens (tertiary/aromatic N) is 1. The number of ether oxygens (including phenoxy) is 2. The molecule has 0 amide bonds. The average molecular weight is 344 g/mol. The zero-order valence-electron chi connectivity index (χ0n) is 13.1. The van der Waals surface area contributed by atoms with Gasteiger partial charge in [0, 0.05) is 23.3 Å². The van der Waals surface area contributed by atoms with E-state index in [0.717, 1.165) is 0 Å². The molecule has 0 bridgehead atoms. The third-order valence-corrected chi connectivity index (χ3v) is 4.05. The third-order valence-electron chi connectivity index (χ3n) is 3.77. The number of benzene rings is 2. The van der Waals surface area contributed by atoms with Crippen molar-refractivity contribution in [3.05, 3.63) is 52.5 Å². The fraction of sp³-hybridized carbons (Fsp3) is 0.167. The molecule has 122 valence electrons. The van der Waals surface area contributed by atoms with Gasteiger partial charge in [-0.3, -0.25) is 9.59 Å². The minimum Gasteiger partial charge on any atom is -0.497 e. The van der Waals surface area contributed by atoms with Crippen molar-refractivity contribution in [1.29, 1.82) is 0 Å². The summed E-state index contributed by atoms with van der Waals surface area (Å²) in [6, 6.07) is 9.91. The van der Waals surface area contributed by atoms with Gasteiger partial charge < -0.3 is 9.47 Å². The van der Waals surface area contributed by atoms with Crippen molar-refractivity contribution in [2.45, 2.75) is 6.42 Å². The fourth-order valence-electron chi connectivity index (χ4n) is 2.56. The number of fused-ring (bicyclic) bond motifs is 1. The normalized spacial score (nSPS) is 15.4. The molecule has 0 N–H and O–H groups in total. The maximum Gasteiger partial charge on any atom is 0.208 e. The van der Waals surface area contributed by atoms with Crippen molar-refractivity contribution in [3.63, 3.8) is 0 Å². The lowest BCUT2D eigenvalue weighted by molar-refractivity contribution is 0.0965. The van der Waals surface area contributed by atoms with Crippen LogP contribution in [0.1, 0.15) is 27.1 Å². The SMILES string of the molecule is COc1cc(Cl)c(N=C2CC(=O)c3ccccc3C2=O)c(OC)c1. The van der Waals surface area contributed by atoms with Gasteiger partial charge in [-0.1, -0.05) is 35.9 Å². The van der Waals surface area contributed by atoms with Crippen molar-refractivity contribution in [2.24, 2.45) is 4.99 Å². The lowest BCUT2D eigenvalue weighted by Crippen LogP contribution is -2.26. The van der Waals surface area contributed by atoms with Crippen LogP contribution in [-0.2, 0) is 0 Å². The Kier molecular flexibility index (Phi) is 4.36. The van der Waals surface area contributed by atoms with E-state index in [2.05, 4.69) is 4.99 Å². The summed E-state index contributed by atoms with van der Waals surface area (Å²) in [7, 11) is 2.98. The molecule has 6 heteroatoms. The molecule has 0 aromatic heterocycles. The predicted octanol–water partition coefficient (Wildman–Crippen LogP) is 3.90. The maximum atomic E-state index is 12.6. The lowest BCUT2D eigenvalue weighted by Gasteiger charge is -2.16. The monoisotopic (exact) mass is 343 g/mol. The standard InChI is InChI=1S/C18H14ClNO4/c1-23-10-7-13(19)17(16(8-10)24-2)20-14-9-15(21)11-5-3-4-6-12(11)18(14)22/h3-8H,9H2,1-2H3. The Hall–Kier alpha value is -2.66. The van der Waals surface area contributed by atoms with Crippen molar-refractivity contribution in [3.8, 4) is 11.5 Å². The molecule has 2 aromatic rings. The second-order valence-corrected chi connectivity index (χ2v) is 5.60. The molecule has 0 radical (unpaired) electrons. The molecular formula is C18H14ClNO4. The van der Waals surface area contributed by atoms with Crippen LogP contribution in [0, 0.1) is 0 Å². The van der Waals surface area contributed by atoms with Crippen LogP contribution in [0.15, 0.2) is 41.4 Å². The molecule has 0 saturated carbocycles. The maximum absolute atomic E-state index is 12.6. The van der Waals surface area contributed by atoms with Crippen molar-refractivity contribution < 1.29 is 19.1 Å². The second-order valence-electron chi connectivity index (χ2n) is 5.19. The van der Waals surface area contributed by atoms with Crippen LogP contribution < -0.4 is 9.47 Å². The Morgan fingerprint density at radius 1 is 1.04 bits per heavy atom. The highest BCUT2D eigenvalue weighted by atomic mass is 35.5. The quantitative estimate of drug-likeness (QED) is 0.847. The van der Waals surface area contributed by atoms with E-state index in [1.165, 1.54) is 14.2 Å². The summed E-state index contributed by atoms with van der Waals surface area (Å²) in [6.07, 6.45) is -0.0681. The molecule has 5 nitrogen and oxygen atoms in total. The summed E-state index contributed by atoms with van der Waals surface area (Å²) in [6.45, 7) is 0. The van der Waals surface area contributed by atoms with Crippen molar-refractivity contribution in [2.75, 3.05) is 14.2 Å².